The molecule has 2 aliphatic rings. The van der Waals surface area contributed by atoms with Crippen LogP contribution in [0.25, 0.3) is 0 Å². The Hall–Kier alpha value is -5.29. The zero-order valence-electron chi connectivity index (χ0n) is 21.7. The van der Waals surface area contributed by atoms with Crippen LogP contribution >= 0.6 is 0 Å². The van der Waals surface area contributed by atoms with E-state index in [0.717, 1.165) is 33.7 Å². The molecule has 5 aromatic rings. The molecule has 4 aromatic carbocycles. The number of amidine groups is 2. The number of aromatic nitrogens is 1. The maximum Gasteiger partial charge on any atom is 0.174 e. The molecule has 0 radical (unpaired) electrons. The van der Waals surface area contributed by atoms with Gasteiger partial charge in [0.05, 0.1) is 11.4 Å². The zero-order chi connectivity index (χ0) is 26.7. The second kappa shape index (κ2) is 10.5. The molecule has 190 valence electrons. The van der Waals surface area contributed by atoms with E-state index in [1.165, 1.54) is 0 Å². The minimum atomic E-state index is -0.196. The molecule has 1 aromatic heterocycles. The quantitative estimate of drug-likeness (QED) is 0.239. The molecule has 40 heavy (non-hydrogen) atoms. The highest BCUT2D eigenvalue weighted by atomic mass is 15.1. The third-order valence-electron chi connectivity index (χ3n) is 7.05. The molecule has 0 amide bonds. The lowest BCUT2D eigenvalue weighted by Crippen LogP contribution is -2.08. The van der Waals surface area contributed by atoms with Crippen molar-refractivity contribution in [3.8, 4) is 0 Å². The topological polar surface area (TPSA) is 62.3 Å². The molecule has 2 aliphatic heterocycles. The maximum absolute atomic E-state index is 5.05. The summed E-state index contributed by atoms with van der Waals surface area (Å²) in [6, 6.07) is 46.5. The van der Waals surface area contributed by atoms with Crippen molar-refractivity contribution in [2.45, 2.75) is 12.1 Å². The number of nitrogens with zero attached hydrogens (tertiary/aromatic N) is 5. The van der Waals surface area contributed by atoms with E-state index in [2.05, 4.69) is 48.5 Å². The van der Waals surface area contributed by atoms with E-state index in [1.54, 1.807) is 0 Å². The molecule has 0 aliphatic carbocycles. The normalized spacial score (nSPS) is 18.1. The summed E-state index contributed by atoms with van der Waals surface area (Å²) in [5, 5.41) is 0. The summed E-state index contributed by atoms with van der Waals surface area (Å²) in [7, 11) is 0. The molecule has 0 saturated carbocycles. The van der Waals surface area contributed by atoms with E-state index in [4.69, 9.17) is 25.0 Å². The highest BCUT2D eigenvalue weighted by Gasteiger charge is 2.29. The molecule has 5 heteroatoms. The van der Waals surface area contributed by atoms with E-state index in [-0.39, 0.29) is 12.1 Å². The van der Waals surface area contributed by atoms with Gasteiger partial charge in [-0.3, -0.25) is 9.98 Å². The van der Waals surface area contributed by atoms with Crippen LogP contribution in [0.4, 0.5) is 0 Å². The van der Waals surface area contributed by atoms with E-state index in [9.17, 15) is 0 Å². The summed E-state index contributed by atoms with van der Waals surface area (Å²) >= 11 is 0. The van der Waals surface area contributed by atoms with Gasteiger partial charge >= 0.3 is 0 Å². The standard InChI is InChI=1S/C35H25N5/c1-5-14-24(15-6-1)30-31(25-16-7-2-8-17-25)38-34(37-30)28-22-13-23-29(36-28)35-39-32(26-18-9-3-10-19-26)33(40-35)27-20-11-4-12-21-27/h1-23,30,32H. The van der Waals surface area contributed by atoms with Gasteiger partial charge in [-0.15, -0.1) is 0 Å². The molecule has 0 spiro atoms. The van der Waals surface area contributed by atoms with Gasteiger partial charge in [0, 0.05) is 0 Å². The first kappa shape index (κ1) is 23.8. The molecule has 2 unspecified atom stereocenters. The second-order valence-corrected chi connectivity index (χ2v) is 9.67. The van der Waals surface area contributed by atoms with Crippen LogP contribution < -0.4 is 0 Å². The van der Waals surface area contributed by atoms with E-state index >= 15 is 0 Å². The van der Waals surface area contributed by atoms with Crippen molar-refractivity contribution in [1.29, 1.82) is 0 Å². The van der Waals surface area contributed by atoms with Crippen LogP contribution in [0, 0.1) is 0 Å². The molecular formula is C35H25N5. The number of hydrogen-bond acceptors (Lipinski definition) is 5. The lowest BCUT2D eigenvalue weighted by Gasteiger charge is -2.11. The number of benzene rings is 4. The van der Waals surface area contributed by atoms with Gasteiger partial charge < -0.3 is 0 Å². The second-order valence-electron chi connectivity index (χ2n) is 9.67. The largest absolute Gasteiger partial charge is 0.250 e. The molecular weight excluding hydrogens is 490 g/mol. The first-order valence-corrected chi connectivity index (χ1v) is 13.3. The minimum absolute atomic E-state index is 0.196. The predicted octanol–water partition coefficient (Wildman–Crippen LogP) is 7.06. The average molecular weight is 516 g/mol. The van der Waals surface area contributed by atoms with Crippen molar-refractivity contribution in [3.05, 3.63) is 173 Å². The van der Waals surface area contributed by atoms with Gasteiger partial charge in [-0.05, 0) is 34.4 Å². The van der Waals surface area contributed by atoms with Crippen molar-refractivity contribution < 1.29 is 0 Å². The minimum Gasteiger partial charge on any atom is -0.250 e. The first-order chi connectivity index (χ1) is 19.8. The number of pyridine rings is 1. The van der Waals surface area contributed by atoms with Crippen LogP contribution in [0.2, 0.25) is 0 Å². The Kier molecular flexibility index (Phi) is 6.23. The Morgan fingerprint density at radius 3 is 1.15 bits per heavy atom. The van der Waals surface area contributed by atoms with Gasteiger partial charge in [0.2, 0.25) is 0 Å². The van der Waals surface area contributed by atoms with Gasteiger partial charge in [-0.2, -0.15) is 0 Å². The average Bonchev–Trinajstić information content (AvgIpc) is 3.69. The fourth-order valence-corrected chi connectivity index (χ4v) is 5.10. The summed E-state index contributed by atoms with van der Waals surface area (Å²) < 4.78 is 0. The number of hydrogen-bond donors (Lipinski definition) is 0. The molecule has 0 fully saturated rings. The fraction of sp³-hybridized carbons (Fsp3) is 0.0571. The predicted molar refractivity (Wildman–Crippen MR) is 162 cm³/mol. The van der Waals surface area contributed by atoms with E-state index in [1.807, 2.05) is 91.0 Å². The van der Waals surface area contributed by atoms with Crippen LogP contribution in [0.3, 0.4) is 0 Å². The Balaban J connectivity index is 1.29. The van der Waals surface area contributed by atoms with Crippen molar-refractivity contribution >= 4 is 23.1 Å². The molecule has 3 heterocycles. The molecule has 5 nitrogen and oxygen atoms in total. The van der Waals surface area contributed by atoms with Gasteiger partial charge in [-0.25, -0.2) is 15.0 Å². The van der Waals surface area contributed by atoms with Crippen molar-refractivity contribution in [2.24, 2.45) is 20.0 Å². The van der Waals surface area contributed by atoms with Crippen LogP contribution in [0.15, 0.2) is 159 Å². The smallest absolute Gasteiger partial charge is 0.174 e. The number of rotatable bonds is 6. The van der Waals surface area contributed by atoms with Crippen molar-refractivity contribution in [3.63, 3.8) is 0 Å². The number of aliphatic imine (C=N–C) groups is 4. The summed E-state index contributed by atoms with van der Waals surface area (Å²) in [6.45, 7) is 0. The Morgan fingerprint density at radius 1 is 0.375 bits per heavy atom. The molecule has 2 atom stereocenters. The van der Waals surface area contributed by atoms with Crippen LogP contribution in [0.5, 0.6) is 0 Å². The van der Waals surface area contributed by atoms with Crippen molar-refractivity contribution in [2.75, 3.05) is 0 Å². The van der Waals surface area contributed by atoms with Gasteiger partial charge in [0.1, 0.15) is 23.5 Å². The Morgan fingerprint density at radius 2 is 0.750 bits per heavy atom. The van der Waals surface area contributed by atoms with Crippen LogP contribution in [-0.4, -0.2) is 28.1 Å². The van der Waals surface area contributed by atoms with Crippen LogP contribution in [0.1, 0.15) is 45.7 Å². The highest BCUT2D eigenvalue weighted by molar-refractivity contribution is 6.20. The first-order valence-electron chi connectivity index (χ1n) is 13.3. The lowest BCUT2D eigenvalue weighted by molar-refractivity contribution is 0.981. The van der Waals surface area contributed by atoms with Crippen molar-refractivity contribution in [1.82, 2.24) is 4.98 Å². The third-order valence-corrected chi connectivity index (χ3v) is 7.05. The van der Waals surface area contributed by atoms with E-state index < -0.39 is 0 Å². The van der Waals surface area contributed by atoms with E-state index in [0.29, 0.717) is 23.1 Å². The Bertz CT molecular complexity index is 1640. The summed E-state index contributed by atoms with van der Waals surface area (Å²) in [6.07, 6.45) is 0. The third kappa shape index (κ3) is 4.58. The maximum atomic E-state index is 5.05. The molecule has 0 N–H and O–H groups in total. The molecule has 7 rings (SSSR count). The van der Waals surface area contributed by atoms with Gasteiger partial charge in [0.15, 0.2) is 11.7 Å². The molecule has 0 bridgehead atoms. The zero-order valence-corrected chi connectivity index (χ0v) is 21.7. The van der Waals surface area contributed by atoms with Gasteiger partial charge in [0.25, 0.3) is 0 Å². The highest BCUT2D eigenvalue weighted by Crippen LogP contribution is 2.31. The summed E-state index contributed by atoms with van der Waals surface area (Å²) in [5.41, 5.74) is 7.53. The Labute approximate surface area is 233 Å². The lowest BCUT2D eigenvalue weighted by atomic mass is 9.98. The monoisotopic (exact) mass is 515 g/mol. The fourth-order valence-electron chi connectivity index (χ4n) is 5.10. The van der Waals surface area contributed by atoms with Gasteiger partial charge in [-0.1, -0.05) is 127 Å². The summed E-state index contributed by atoms with van der Waals surface area (Å²) in [4.78, 5) is 25.1. The summed E-state index contributed by atoms with van der Waals surface area (Å²) in [5.74, 6) is 1.22. The molecule has 0 saturated heterocycles. The van der Waals surface area contributed by atoms with Crippen LogP contribution in [-0.2, 0) is 0 Å². The SMILES string of the molecule is c1ccc(C2=NC(c3cccc(C4=NC(c5ccccc5)C(c5ccccc5)=N4)n3)=NC2c2ccccc2)cc1.